The van der Waals surface area contributed by atoms with Crippen molar-refractivity contribution < 1.29 is 27.5 Å². The Morgan fingerprint density at radius 3 is 2.51 bits per heavy atom. The lowest BCUT2D eigenvalue weighted by Gasteiger charge is -2.37. The fraction of sp³-hybridized carbons (Fsp3) is 0.412. The van der Waals surface area contributed by atoms with Crippen LogP contribution in [0.4, 0.5) is 30.2 Å². The Morgan fingerprint density at radius 2 is 1.86 bits per heavy atom. The molecule has 5 heterocycles. The second kappa shape index (κ2) is 14.7. The Hall–Kier alpha value is -4.96. The Labute approximate surface area is 296 Å². The van der Waals surface area contributed by atoms with Crippen molar-refractivity contribution >= 4 is 51.8 Å². The average molecular weight is 728 g/mol. The molecule has 0 unspecified atom stereocenters. The summed E-state index contributed by atoms with van der Waals surface area (Å²) in [7, 11) is 0. The number of carbonyl (C=O) groups excluding carboxylic acids is 2. The van der Waals surface area contributed by atoms with E-state index in [4.69, 9.17) is 16.3 Å². The predicted octanol–water partition coefficient (Wildman–Crippen LogP) is 4.67. The molecule has 6 rings (SSSR count). The smallest absolute Gasteiger partial charge is 0.383 e. The fourth-order valence-corrected chi connectivity index (χ4v) is 6.55. The molecule has 0 bridgehead atoms. The van der Waals surface area contributed by atoms with Crippen molar-refractivity contribution in [3.63, 3.8) is 0 Å². The Kier molecular flexibility index (Phi) is 10.3. The molecule has 270 valence electrons. The number of alkyl halides is 3. The van der Waals surface area contributed by atoms with Gasteiger partial charge in [0.2, 0.25) is 11.7 Å². The van der Waals surface area contributed by atoms with Crippen LogP contribution in [-0.4, -0.2) is 86.8 Å². The molecule has 2 aliphatic rings. The van der Waals surface area contributed by atoms with Crippen LogP contribution in [0.2, 0.25) is 5.02 Å². The molecule has 1 saturated heterocycles. The van der Waals surface area contributed by atoms with Gasteiger partial charge in [-0.1, -0.05) is 24.6 Å². The normalized spacial score (nSPS) is 15.2. The molecule has 1 fully saturated rings. The minimum absolute atomic E-state index is 0.000652. The number of benzene rings is 1. The second-order valence-electron chi connectivity index (χ2n) is 12.1. The minimum Gasteiger partial charge on any atom is -0.383 e. The number of carbonyl (C=O) groups is 2. The number of pyridine rings is 1. The number of ether oxygens (including phenoxy) is 1. The molecular weight excluding hydrogens is 691 g/mol. The molecule has 2 amide bonds. The summed E-state index contributed by atoms with van der Waals surface area (Å²) in [4.78, 5) is 54.0. The summed E-state index contributed by atoms with van der Waals surface area (Å²) in [5.74, 6) is -0.364. The van der Waals surface area contributed by atoms with Gasteiger partial charge in [-0.25, -0.2) is 4.98 Å². The molecule has 51 heavy (non-hydrogen) atoms. The van der Waals surface area contributed by atoms with E-state index in [2.05, 4.69) is 25.7 Å². The number of piperazine rings is 1. The highest BCUT2D eigenvalue weighted by Gasteiger charge is 2.32. The molecule has 0 radical (unpaired) electrons. The van der Waals surface area contributed by atoms with E-state index < -0.39 is 23.2 Å². The number of hydrogen-bond acceptors (Lipinski definition) is 9. The summed E-state index contributed by atoms with van der Waals surface area (Å²) in [5, 5.41) is 10.1. The first-order valence-electron chi connectivity index (χ1n) is 16.6. The third-order valence-electron chi connectivity index (χ3n) is 8.88. The molecule has 0 aliphatic carbocycles. The quantitative estimate of drug-likeness (QED) is 0.252. The summed E-state index contributed by atoms with van der Waals surface area (Å²) in [6, 6.07) is 4.52. The van der Waals surface area contributed by atoms with Crippen molar-refractivity contribution in [2.75, 3.05) is 61.5 Å². The van der Waals surface area contributed by atoms with Crippen LogP contribution in [0.5, 0.6) is 0 Å². The maximum absolute atomic E-state index is 14.2. The van der Waals surface area contributed by atoms with Gasteiger partial charge < -0.3 is 29.7 Å². The van der Waals surface area contributed by atoms with Crippen LogP contribution in [-0.2, 0) is 28.7 Å². The van der Waals surface area contributed by atoms with Gasteiger partial charge in [0.1, 0.15) is 12.2 Å². The lowest BCUT2D eigenvalue weighted by molar-refractivity contribution is -0.137. The largest absolute Gasteiger partial charge is 0.416 e. The minimum atomic E-state index is -4.60. The van der Waals surface area contributed by atoms with Crippen LogP contribution in [0.25, 0.3) is 11.4 Å². The molecule has 0 saturated carbocycles. The zero-order chi connectivity index (χ0) is 36.4. The van der Waals surface area contributed by atoms with Gasteiger partial charge in [0, 0.05) is 38.9 Å². The number of nitrogens with zero attached hydrogens (tertiary/aromatic N) is 7. The number of amides is 2. The van der Waals surface area contributed by atoms with Crippen molar-refractivity contribution in [3.8, 4) is 0 Å². The second-order valence-corrected chi connectivity index (χ2v) is 12.6. The molecule has 0 atom stereocenters. The van der Waals surface area contributed by atoms with Crippen molar-refractivity contribution in [1.29, 1.82) is 0 Å². The van der Waals surface area contributed by atoms with E-state index in [1.165, 1.54) is 4.52 Å². The molecular formula is C34H37ClF3N9O4. The van der Waals surface area contributed by atoms with E-state index in [1.807, 2.05) is 37.8 Å². The number of halogens is 4. The van der Waals surface area contributed by atoms with Gasteiger partial charge in [-0.3, -0.25) is 14.4 Å². The number of fused-ring (bicyclic) bond motifs is 1. The fourth-order valence-electron chi connectivity index (χ4n) is 6.32. The van der Waals surface area contributed by atoms with Crippen molar-refractivity contribution in [3.05, 3.63) is 80.3 Å². The summed E-state index contributed by atoms with van der Waals surface area (Å²) in [6.07, 6.45) is -0.291. The van der Waals surface area contributed by atoms with E-state index in [1.54, 1.807) is 15.7 Å². The average Bonchev–Trinajstić information content (AvgIpc) is 3.57. The third kappa shape index (κ3) is 7.28. The third-order valence-corrected chi connectivity index (χ3v) is 9.19. The van der Waals surface area contributed by atoms with Crippen LogP contribution < -0.4 is 21.1 Å². The van der Waals surface area contributed by atoms with Gasteiger partial charge in [0.15, 0.2) is 11.5 Å². The summed E-state index contributed by atoms with van der Waals surface area (Å²) in [6.45, 7) is 8.07. The zero-order valence-corrected chi connectivity index (χ0v) is 29.1. The van der Waals surface area contributed by atoms with Crippen LogP contribution in [0.1, 0.15) is 53.4 Å². The molecule has 17 heteroatoms. The van der Waals surface area contributed by atoms with Crippen LogP contribution in [0, 0.1) is 6.92 Å². The summed E-state index contributed by atoms with van der Waals surface area (Å²) < 4.78 is 47.8. The Morgan fingerprint density at radius 1 is 1.10 bits per heavy atom. The van der Waals surface area contributed by atoms with Gasteiger partial charge in [-0.15, -0.1) is 5.10 Å². The number of hydrogen-bond donors (Lipinski definition) is 2. The van der Waals surface area contributed by atoms with E-state index >= 15 is 0 Å². The van der Waals surface area contributed by atoms with Gasteiger partial charge in [-0.2, -0.15) is 22.7 Å². The molecule has 2 N–H and O–H groups in total. The standard InChI is InChI=1S/C34H37ClF3N9O4/c1-4-25-29(44-12-14-45(15-13-44)31(49)28-27(39-5-2)20(3)8-11-40-28)32(50)47-33(42-30(43-47)21-9-16-51-17-10-21)46(25)19-26(48)41-24-7-6-22(18-23(24)35)34(36,37)38/h6-9,11,18,39H,4-5,10,12-17,19H2,1-3H3,(H,41,48). The van der Waals surface area contributed by atoms with E-state index in [0.717, 1.165) is 29.3 Å². The maximum atomic E-state index is 14.2. The Balaban J connectivity index is 1.34. The van der Waals surface area contributed by atoms with Crippen molar-refractivity contribution in [2.45, 2.75) is 46.3 Å². The van der Waals surface area contributed by atoms with Gasteiger partial charge in [0.05, 0.1) is 40.9 Å². The number of aromatic nitrogens is 5. The highest BCUT2D eigenvalue weighted by molar-refractivity contribution is 6.33. The lowest BCUT2D eigenvalue weighted by Crippen LogP contribution is -2.51. The van der Waals surface area contributed by atoms with Crippen LogP contribution in [0.3, 0.4) is 0 Å². The van der Waals surface area contributed by atoms with Gasteiger partial charge >= 0.3 is 6.18 Å². The van der Waals surface area contributed by atoms with Crippen molar-refractivity contribution in [2.24, 2.45) is 0 Å². The van der Waals surface area contributed by atoms with E-state index in [-0.39, 0.29) is 28.9 Å². The molecule has 1 aromatic carbocycles. The Bertz CT molecular complexity index is 2070. The SMILES string of the molecule is CCNc1c(C)ccnc1C(=O)N1CCN(c2c(CC)n(CC(=O)Nc3ccc(C(F)(F)F)cc3Cl)c3nc(C4=CCOCC4)nn3c2=O)CC1. The number of nitrogens with one attached hydrogen (secondary N) is 2. The highest BCUT2D eigenvalue weighted by atomic mass is 35.5. The predicted molar refractivity (Wildman–Crippen MR) is 186 cm³/mol. The number of rotatable bonds is 9. The monoisotopic (exact) mass is 727 g/mol. The molecule has 4 aromatic rings. The van der Waals surface area contributed by atoms with E-state index in [9.17, 15) is 27.6 Å². The first-order chi connectivity index (χ1) is 24.4. The zero-order valence-electron chi connectivity index (χ0n) is 28.3. The van der Waals surface area contributed by atoms with Crippen molar-refractivity contribution in [1.82, 2.24) is 29.0 Å². The molecule has 0 spiro atoms. The van der Waals surface area contributed by atoms with Gasteiger partial charge in [-0.05, 0) is 62.1 Å². The van der Waals surface area contributed by atoms with Crippen LogP contribution >= 0.6 is 11.6 Å². The first kappa shape index (κ1) is 35.9. The lowest BCUT2D eigenvalue weighted by atomic mass is 10.1. The maximum Gasteiger partial charge on any atom is 0.416 e. The molecule has 3 aromatic heterocycles. The highest BCUT2D eigenvalue weighted by Crippen LogP contribution is 2.34. The molecule has 13 nitrogen and oxygen atoms in total. The molecule has 2 aliphatic heterocycles. The topological polar surface area (TPSA) is 139 Å². The van der Waals surface area contributed by atoms with E-state index in [0.29, 0.717) is 87.4 Å². The number of anilines is 3. The van der Waals surface area contributed by atoms with Crippen LogP contribution in [0.15, 0.2) is 41.3 Å². The number of aryl methyl sites for hydroxylation is 1. The summed E-state index contributed by atoms with van der Waals surface area (Å²) >= 11 is 6.13. The van der Waals surface area contributed by atoms with Gasteiger partial charge in [0.25, 0.3) is 11.5 Å². The first-order valence-corrected chi connectivity index (χ1v) is 17.0. The summed E-state index contributed by atoms with van der Waals surface area (Å²) in [5.41, 5.74) is 2.18.